The maximum absolute atomic E-state index is 12.5. The van der Waals surface area contributed by atoms with Crippen LogP contribution < -0.4 is 10.2 Å². The number of ether oxygens (including phenoxy) is 2. The van der Waals surface area contributed by atoms with Crippen LogP contribution in [0.15, 0.2) is 48.5 Å². The highest BCUT2D eigenvalue weighted by molar-refractivity contribution is 6.00. The van der Waals surface area contributed by atoms with Gasteiger partial charge >= 0.3 is 11.9 Å². The molecule has 0 unspecified atom stereocenters. The summed E-state index contributed by atoms with van der Waals surface area (Å²) in [4.78, 5) is 50.6. The first-order chi connectivity index (χ1) is 16.4. The number of unbranched alkanes of at least 4 members (excludes halogenated alkanes) is 2. The van der Waals surface area contributed by atoms with Crippen LogP contribution in [0.4, 0.5) is 11.4 Å². The lowest BCUT2D eigenvalue weighted by molar-refractivity contribution is -0.151. The molecule has 1 aliphatic rings. The van der Waals surface area contributed by atoms with Crippen molar-refractivity contribution in [3.63, 3.8) is 0 Å². The molecule has 2 aromatic rings. The predicted octanol–water partition coefficient (Wildman–Crippen LogP) is 3.88. The molecule has 8 nitrogen and oxygen atoms in total. The Kier molecular flexibility index (Phi) is 8.79. The van der Waals surface area contributed by atoms with E-state index in [0.29, 0.717) is 23.5 Å². The molecule has 1 atom stereocenters. The number of benzene rings is 2. The molecule has 2 aromatic carbocycles. The Bertz CT molecular complexity index is 1030. The molecule has 1 N–H and O–H groups in total. The van der Waals surface area contributed by atoms with Gasteiger partial charge in [0.05, 0.1) is 18.1 Å². The second-order valence-electron chi connectivity index (χ2n) is 8.32. The zero-order chi connectivity index (χ0) is 24.5. The summed E-state index contributed by atoms with van der Waals surface area (Å²) in [7, 11) is 0. The van der Waals surface area contributed by atoms with Gasteiger partial charge in [0.15, 0.2) is 6.61 Å². The number of carbonyl (C=O) groups excluding carboxylic acids is 4. The average molecular weight is 467 g/mol. The van der Waals surface area contributed by atoms with Crippen molar-refractivity contribution in [2.24, 2.45) is 5.92 Å². The number of hydrogen-bond donors (Lipinski definition) is 1. The lowest BCUT2D eigenvalue weighted by Crippen LogP contribution is -2.28. The Morgan fingerprint density at radius 2 is 1.82 bits per heavy atom. The van der Waals surface area contributed by atoms with Crippen molar-refractivity contribution in [2.45, 2.75) is 39.5 Å². The molecule has 0 spiro atoms. The number of nitrogens with one attached hydrogen (secondary N) is 1. The van der Waals surface area contributed by atoms with Crippen LogP contribution in [-0.4, -0.2) is 43.5 Å². The lowest BCUT2D eigenvalue weighted by atomic mass is 10.1. The molecule has 0 bridgehead atoms. The number of carbonyl (C=O) groups is 4. The van der Waals surface area contributed by atoms with Gasteiger partial charge in [-0.05, 0) is 55.3 Å². The molecule has 0 aromatic heterocycles. The lowest BCUT2D eigenvalue weighted by Gasteiger charge is -2.17. The number of nitrogens with zero attached hydrogens (tertiary/aromatic N) is 1. The van der Waals surface area contributed by atoms with Gasteiger partial charge < -0.3 is 19.7 Å². The summed E-state index contributed by atoms with van der Waals surface area (Å²) in [5.74, 6) is -2.33. The van der Waals surface area contributed by atoms with E-state index < -0.39 is 30.4 Å². The molecule has 8 heteroatoms. The summed E-state index contributed by atoms with van der Waals surface area (Å²) in [5.41, 5.74) is 2.61. The van der Waals surface area contributed by atoms with Crippen LogP contribution in [0.25, 0.3) is 0 Å². The first kappa shape index (κ1) is 25.0. The number of rotatable bonds is 10. The molecule has 1 fully saturated rings. The predicted molar refractivity (Wildman–Crippen MR) is 127 cm³/mol. The van der Waals surface area contributed by atoms with Crippen molar-refractivity contribution < 1.29 is 28.7 Å². The largest absolute Gasteiger partial charge is 0.462 e. The summed E-state index contributed by atoms with van der Waals surface area (Å²) in [5, 5.41) is 2.67. The minimum absolute atomic E-state index is 0.000442. The van der Waals surface area contributed by atoms with Crippen molar-refractivity contribution in [1.29, 1.82) is 0 Å². The Hall–Kier alpha value is -3.68. The third-order valence-corrected chi connectivity index (χ3v) is 5.50. The van der Waals surface area contributed by atoms with Crippen LogP contribution in [0, 0.1) is 12.8 Å². The maximum Gasteiger partial charge on any atom is 0.338 e. The first-order valence-corrected chi connectivity index (χ1v) is 11.5. The smallest absolute Gasteiger partial charge is 0.338 e. The molecule has 1 aliphatic heterocycles. The van der Waals surface area contributed by atoms with Crippen LogP contribution >= 0.6 is 0 Å². The topological polar surface area (TPSA) is 102 Å². The third-order valence-electron chi connectivity index (χ3n) is 5.50. The quantitative estimate of drug-likeness (QED) is 0.421. The molecule has 0 radical (unpaired) electrons. The van der Waals surface area contributed by atoms with E-state index >= 15 is 0 Å². The van der Waals surface area contributed by atoms with Gasteiger partial charge in [-0.2, -0.15) is 0 Å². The number of anilines is 2. The molecule has 3 rings (SSSR count). The molecule has 34 heavy (non-hydrogen) atoms. The van der Waals surface area contributed by atoms with E-state index in [0.717, 1.165) is 24.8 Å². The van der Waals surface area contributed by atoms with E-state index in [4.69, 9.17) is 9.47 Å². The minimum atomic E-state index is -0.664. The summed E-state index contributed by atoms with van der Waals surface area (Å²) in [6.07, 6.45) is 2.88. The number of hydrogen-bond acceptors (Lipinski definition) is 6. The Morgan fingerprint density at radius 3 is 2.53 bits per heavy atom. The number of esters is 2. The second-order valence-corrected chi connectivity index (χ2v) is 8.32. The fourth-order valence-corrected chi connectivity index (χ4v) is 3.67. The summed E-state index contributed by atoms with van der Waals surface area (Å²) < 4.78 is 10.4. The van der Waals surface area contributed by atoms with Crippen LogP contribution in [0.3, 0.4) is 0 Å². The second kappa shape index (κ2) is 12.0. The number of amides is 2. The highest BCUT2D eigenvalue weighted by Gasteiger charge is 2.36. The van der Waals surface area contributed by atoms with Gasteiger partial charge in [0.25, 0.3) is 5.91 Å². The minimum Gasteiger partial charge on any atom is -0.462 e. The molecule has 180 valence electrons. The number of aryl methyl sites for hydroxylation is 1. The highest BCUT2D eigenvalue weighted by atomic mass is 16.5. The van der Waals surface area contributed by atoms with Crippen molar-refractivity contribution in [3.8, 4) is 0 Å². The van der Waals surface area contributed by atoms with Gasteiger partial charge in [-0.15, -0.1) is 0 Å². The summed E-state index contributed by atoms with van der Waals surface area (Å²) >= 11 is 0. The monoisotopic (exact) mass is 466 g/mol. The fraction of sp³-hybridized carbons (Fsp3) is 0.385. The Morgan fingerprint density at radius 1 is 1.06 bits per heavy atom. The molecular formula is C26H30N2O6. The van der Waals surface area contributed by atoms with Crippen molar-refractivity contribution in [2.75, 3.05) is 30.0 Å². The van der Waals surface area contributed by atoms with Gasteiger partial charge in [-0.3, -0.25) is 14.4 Å². The van der Waals surface area contributed by atoms with Crippen LogP contribution in [0.1, 0.15) is 48.5 Å². The van der Waals surface area contributed by atoms with Crippen molar-refractivity contribution >= 4 is 35.1 Å². The first-order valence-electron chi connectivity index (χ1n) is 11.5. The Labute approximate surface area is 199 Å². The van der Waals surface area contributed by atoms with Gasteiger partial charge in [0.2, 0.25) is 5.91 Å². The van der Waals surface area contributed by atoms with Crippen molar-refractivity contribution in [1.82, 2.24) is 0 Å². The molecule has 2 amide bonds. The van der Waals surface area contributed by atoms with E-state index in [9.17, 15) is 19.2 Å². The van der Waals surface area contributed by atoms with E-state index in [1.54, 1.807) is 30.3 Å². The van der Waals surface area contributed by atoms with E-state index in [1.807, 2.05) is 25.1 Å². The summed E-state index contributed by atoms with van der Waals surface area (Å²) in [6, 6.07) is 13.8. The SMILES string of the molecule is CCCCCOC(=O)c1ccc(N2C[C@H](C(=O)OCC(=O)Nc3cccc(C)c3)CC2=O)cc1. The van der Waals surface area contributed by atoms with E-state index in [-0.39, 0.29) is 18.9 Å². The Balaban J connectivity index is 1.48. The van der Waals surface area contributed by atoms with Gasteiger partial charge in [-0.25, -0.2) is 4.79 Å². The maximum atomic E-state index is 12.5. The average Bonchev–Trinajstić information content (AvgIpc) is 3.22. The normalized spacial score (nSPS) is 15.2. The molecule has 0 saturated carbocycles. The zero-order valence-electron chi connectivity index (χ0n) is 19.5. The van der Waals surface area contributed by atoms with Crippen molar-refractivity contribution in [3.05, 3.63) is 59.7 Å². The van der Waals surface area contributed by atoms with E-state index in [1.165, 1.54) is 4.90 Å². The van der Waals surface area contributed by atoms with Gasteiger partial charge in [0, 0.05) is 24.3 Å². The molecule has 0 aliphatic carbocycles. The third kappa shape index (κ3) is 6.91. The zero-order valence-corrected chi connectivity index (χ0v) is 19.5. The fourth-order valence-electron chi connectivity index (χ4n) is 3.67. The van der Waals surface area contributed by atoms with Crippen LogP contribution in [0.5, 0.6) is 0 Å². The van der Waals surface area contributed by atoms with Crippen LogP contribution in [0.2, 0.25) is 0 Å². The highest BCUT2D eigenvalue weighted by Crippen LogP contribution is 2.26. The van der Waals surface area contributed by atoms with Crippen LogP contribution in [-0.2, 0) is 23.9 Å². The molecule has 1 heterocycles. The van der Waals surface area contributed by atoms with Gasteiger partial charge in [0.1, 0.15) is 0 Å². The van der Waals surface area contributed by atoms with E-state index in [2.05, 4.69) is 12.2 Å². The molecular weight excluding hydrogens is 436 g/mol. The molecule has 1 saturated heterocycles. The summed E-state index contributed by atoms with van der Waals surface area (Å²) in [6.45, 7) is 4.09. The standard InChI is InChI=1S/C26H30N2O6/c1-3-4-5-13-33-25(31)19-9-11-22(12-10-19)28-16-20(15-24(28)30)26(32)34-17-23(29)27-21-8-6-7-18(2)14-21/h6-12,14,20H,3-5,13,15-17H2,1-2H3,(H,27,29)/t20-/m1/s1. The van der Waals surface area contributed by atoms with Gasteiger partial charge in [-0.1, -0.05) is 31.9 Å².